The van der Waals surface area contributed by atoms with Crippen molar-refractivity contribution in [1.29, 1.82) is 0 Å². The van der Waals surface area contributed by atoms with Crippen LogP contribution in [0.15, 0.2) is 0 Å². The molecule has 1 atom stereocenters. The van der Waals surface area contributed by atoms with E-state index in [2.05, 4.69) is 15.5 Å². The number of anilines is 1. The Balaban J connectivity index is 1.99. The van der Waals surface area contributed by atoms with Crippen molar-refractivity contribution >= 4 is 22.4 Å². The lowest BCUT2D eigenvalue weighted by Crippen LogP contribution is -2.17. The van der Waals surface area contributed by atoms with Gasteiger partial charge in [0, 0.05) is 12.5 Å². The van der Waals surface area contributed by atoms with Gasteiger partial charge in [-0.05, 0) is 12.8 Å². The van der Waals surface area contributed by atoms with Crippen molar-refractivity contribution in [2.75, 3.05) is 11.9 Å². The fourth-order valence-corrected chi connectivity index (χ4v) is 2.27. The fraction of sp³-hybridized carbons (Fsp3) is 0.700. The highest BCUT2D eigenvalue weighted by atomic mass is 32.1. The molecule has 16 heavy (non-hydrogen) atoms. The number of carbonyl (C=O) groups is 1. The zero-order chi connectivity index (χ0) is 11.5. The molecule has 0 radical (unpaired) electrons. The lowest BCUT2D eigenvalue weighted by Gasteiger charge is -2.03. The number of hydrogen-bond donors (Lipinski definition) is 1. The van der Waals surface area contributed by atoms with Gasteiger partial charge in [-0.2, -0.15) is 0 Å². The first kappa shape index (κ1) is 11.5. The summed E-state index contributed by atoms with van der Waals surface area (Å²) in [5, 5.41) is 12.1. The largest absolute Gasteiger partial charge is 0.371 e. The van der Waals surface area contributed by atoms with Gasteiger partial charge in [-0.25, -0.2) is 0 Å². The summed E-state index contributed by atoms with van der Waals surface area (Å²) < 4.78 is 5.50. The number of ether oxygens (including phenoxy) is 1. The number of rotatable bonds is 3. The van der Waals surface area contributed by atoms with Crippen LogP contribution in [-0.4, -0.2) is 22.7 Å². The molecule has 0 aromatic carbocycles. The Hall–Kier alpha value is -1.01. The molecule has 0 aliphatic carbocycles. The molecule has 1 aliphatic rings. The van der Waals surface area contributed by atoms with E-state index >= 15 is 0 Å². The number of nitrogens with one attached hydrogen (secondary N) is 1. The minimum Gasteiger partial charge on any atom is -0.371 e. The molecular weight excluding hydrogens is 226 g/mol. The SMILES string of the molecule is CC(C)C(=O)Nc1nnc([C@H]2CCCO2)s1. The van der Waals surface area contributed by atoms with Crippen LogP contribution < -0.4 is 5.32 Å². The van der Waals surface area contributed by atoms with Crippen LogP contribution in [0.25, 0.3) is 0 Å². The molecule has 5 nitrogen and oxygen atoms in total. The van der Waals surface area contributed by atoms with Crippen LogP contribution in [-0.2, 0) is 9.53 Å². The predicted molar refractivity (Wildman–Crippen MR) is 61.3 cm³/mol. The molecule has 0 unspecified atom stereocenters. The topological polar surface area (TPSA) is 64.1 Å². The van der Waals surface area contributed by atoms with Crippen molar-refractivity contribution in [3.05, 3.63) is 5.01 Å². The monoisotopic (exact) mass is 241 g/mol. The molecule has 1 amide bonds. The summed E-state index contributed by atoms with van der Waals surface area (Å²) in [6, 6.07) is 0. The number of carbonyl (C=O) groups excluding carboxylic acids is 1. The maximum absolute atomic E-state index is 11.4. The molecule has 1 aliphatic heterocycles. The third-order valence-electron chi connectivity index (χ3n) is 2.40. The molecule has 1 fully saturated rings. The van der Waals surface area contributed by atoms with E-state index in [0.717, 1.165) is 24.5 Å². The predicted octanol–water partition coefficient (Wildman–Crippen LogP) is 1.98. The standard InChI is InChI=1S/C10H15N3O2S/c1-6(2)8(14)11-10-13-12-9(16-10)7-4-3-5-15-7/h6-7H,3-5H2,1-2H3,(H,11,13,14)/t7-/m1/s1. The third-order valence-corrected chi connectivity index (χ3v) is 3.33. The summed E-state index contributed by atoms with van der Waals surface area (Å²) in [6.07, 6.45) is 2.13. The second kappa shape index (κ2) is 4.88. The van der Waals surface area contributed by atoms with E-state index in [1.807, 2.05) is 13.8 Å². The van der Waals surface area contributed by atoms with Crippen molar-refractivity contribution < 1.29 is 9.53 Å². The van der Waals surface area contributed by atoms with E-state index in [9.17, 15) is 4.79 Å². The van der Waals surface area contributed by atoms with Crippen LogP contribution in [0.2, 0.25) is 0 Å². The van der Waals surface area contributed by atoms with Crippen molar-refractivity contribution in [1.82, 2.24) is 10.2 Å². The van der Waals surface area contributed by atoms with Gasteiger partial charge < -0.3 is 10.1 Å². The molecule has 1 saturated heterocycles. The van der Waals surface area contributed by atoms with Crippen molar-refractivity contribution in [3.63, 3.8) is 0 Å². The molecule has 1 N–H and O–H groups in total. The Morgan fingerprint density at radius 1 is 1.56 bits per heavy atom. The first-order valence-electron chi connectivity index (χ1n) is 5.42. The van der Waals surface area contributed by atoms with E-state index in [4.69, 9.17) is 4.74 Å². The summed E-state index contributed by atoms with van der Waals surface area (Å²) >= 11 is 1.40. The maximum Gasteiger partial charge on any atom is 0.228 e. The molecule has 6 heteroatoms. The average molecular weight is 241 g/mol. The summed E-state index contributed by atoms with van der Waals surface area (Å²) in [5.41, 5.74) is 0. The second-order valence-electron chi connectivity index (χ2n) is 4.09. The fourth-order valence-electron chi connectivity index (χ4n) is 1.44. The van der Waals surface area contributed by atoms with Crippen LogP contribution in [0.1, 0.15) is 37.8 Å². The highest BCUT2D eigenvalue weighted by Gasteiger charge is 2.22. The highest BCUT2D eigenvalue weighted by Crippen LogP contribution is 2.31. The van der Waals surface area contributed by atoms with Crippen LogP contribution in [0.5, 0.6) is 0 Å². The van der Waals surface area contributed by atoms with Crippen LogP contribution >= 0.6 is 11.3 Å². The molecule has 1 aromatic rings. The van der Waals surface area contributed by atoms with E-state index in [-0.39, 0.29) is 17.9 Å². The number of hydrogen-bond acceptors (Lipinski definition) is 5. The smallest absolute Gasteiger partial charge is 0.228 e. The molecule has 0 spiro atoms. The molecule has 0 bridgehead atoms. The molecular formula is C10H15N3O2S. The Kier molecular flexibility index (Phi) is 3.50. The minimum atomic E-state index is -0.0462. The summed E-state index contributed by atoms with van der Waals surface area (Å²) in [6.45, 7) is 4.48. The van der Waals surface area contributed by atoms with Gasteiger partial charge in [0.15, 0.2) is 0 Å². The van der Waals surface area contributed by atoms with Gasteiger partial charge in [-0.1, -0.05) is 25.2 Å². The maximum atomic E-state index is 11.4. The van der Waals surface area contributed by atoms with Gasteiger partial charge in [0.1, 0.15) is 11.1 Å². The summed E-state index contributed by atoms with van der Waals surface area (Å²) in [4.78, 5) is 11.4. The molecule has 88 valence electrons. The van der Waals surface area contributed by atoms with Gasteiger partial charge in [0.25, 0.3) is 0 Å². The van der Waals surface area contributed by atoms with Crippen LogP contribution in [0, 0.1) is 5.92 Å². The van der Waals surface area contributed by atoms with Crippen molar-refractivity contribution in [3.8, 4) is 0 Å². The molecule has 0 saturated carbocycles. The van der Waals surface area contributed by atoms with Crippen molar-refractivity contribution in [2.24, 2.45) is 5.92 Å². The Bertz CT molecular complexity index is 372. The number of aromatic nitrogens is 2. The van der Waals surface area contributed by atoms with Gasteiger partial charge in [-0.3, -0.25) is 4.79 Å². The molecule has 1 aromatic heterocycles. The van der Waals surface area contributed by atoms with Gasteiger partial charge in [-0.15, -0.1) is 10.2 Å². The zero-order valence-electron chi connectivity index (χ0n) is 9.40. The van der Waals surface area contributed by atoms with E-state index in [0.29, 0.717) is 5.13 Å². The minimum absolute atomic E-state index is 0.0324. The first-order chi connectivity index (χ1) is 7.66. The van der Waals surface area contributed by atoms with Gasteiger partial charge in [0.05, 0.1) is 0 Å². The van der Waals surface area contributed by atoms with Crippen LogP contribution in [0.3, 0.4) is 0 Å². The second-order valence-corrected chi connectivity index (χ2v) is 5.10. The summed E-state index contributed by atoms with van der Waals surface area (Å²) in [5.74, 6) is -0.0786. The lowest BCUT2D eigenvalue weighted by molar-refractivity contribution is -0.118. The highest BCUT2D eigenvalue weighted by molar-refractivity contribution is 7.15. The van der Waals surface area contributed by atoms with E-state index in [1.165, 1.54) is 11.3 Å². The van der Waals surface area contributed by atoms with Crippen LogP contribution in [0.4, 0.5) is 5.13 Å². The normalized spacial score (nSPS) is 20.3. The van der Waals surface area contributed by atoms with E-state index < -0.39 is 0 Å². The average Bonchev–Trinajstić information content (AvgIpc) is 2.85. The number of nitrogens with zero attached hydrogens (tertiary/aromatic N) is 2. The Morgan fingerprint density at radius 3 is 3.00 bits per heavy atom. The summed E-state index contributed by atoms with van der Waals surface area (Å²) in [7, 11) is 0. The van der Waals surface area contributed by atoms with Crippen molar-refractivity contribution in [2.45, 2.75) is 32.8 Å². The number of amides is 1. The molecule has 2 rings (SSSR count). The third kappa shape index (κ3) is 2.56. The quantitative estimate of drug-likeness (QED) is 0.879. The Morgan fingerprint density at radius 2 is 2.38 bits per heavy atom. The lowest BCUT2D eigenvalue weighted by atomic mass is 10.2. The first-order valence-corrected chi connectivity index (χ1v) is 6.24. The van der Waals surface area contributed by atoms with Gasteiger partial charge >= 0.3 is 0 Å². The van der Waals surface area contributed by atoms with Gasteiger partial charge in [0.2, 0.25) is 11.0 Å². The molecule has 2 heterocycles. The Labute approximate surface area is 98.2 Å². The van der Waals surface area contributed by atoms with E-state index in [1.54, 1.807) is 0 Å². The zero-order valence-corrected chi connectivity index (χ0v) is 10.2.